The maximum absolute atomic E-state index is 13.9. The zero-order valence-electron chi connectivity index (χ0n) is 11.1. The Morgan fingerprint density at radius 3 is 3.05 bits per heavy atom. The van der Waals surface area contributed by atoms with Crippen LogP contribution in [0.15, 0.2) is 30.5 Å². The van der Waals surface area contributed by atoms with E-state index in [1.807, 2.05) is 6.07 Å². The van der Waals surface area contributed by atoms with Gasteiger partial charge in [0.15, 0.2) is 0 Å². The van der Waals surface area contributed by atoms with Gasteiger partial charge in [0.25, 0.3) is 0 Å². The number of aromatic nitrogens is 1. The molecule has 1 aliphatic heterocycles. The van der Waals surface area contributed by atoms with Crippen molar-refractivity contribution in [2.24, 2.45) is 5.73 Å². The SMILES string of the molecule is COc1cccnc1-c1ccc(F)c2c1OC(CN)C2. The zero-order valence-corrected chi connectivity index (χ0v) is 11.1. The van der Waals surface area contributed by atoms with Crippen LogP contribution in [-0.2, 0) is 6.42 Å². The smallest absolute Gasteiger partial charge is 0.145 e. The van der Waals surface area contributed by atoms with E-state index >= 15 is 0 Å². The summed E-state index contributed by atoms with van der Waals surface area (Å²) in [4.78, 5) is 4.32. The van der Waals surface area contributed by atoms with E-state index in [1.165, 1.54) is 6.07 Å². The molecule has 0 bridgehead atoms. The molecule has 2 aromatic rings. The Hall–Kier alpha value is -2.14. The molecule has 3 rings (SSSR count). The fraction of sp³-hybridized carbons (Fsp3) is 0.267. The van der Waals surface area contributed by atoms with E-state index < -0.39 is 0 Å². The molecule has 4 nitrogen and oxygen atoms in total. The number of fused-ring (bicyclic) bond motifs is 1. The van der Waals surface area contributed by atoms with E-state index in [0.29, 0.717) is 35.7 Å². The lowest BCUT2D eigenvalue weighted by Crippen LogP contribution is -2.24. The first-order chi connectivity index (χ1) is 9.74. The molecule has 20 heavy (non-hydrogen) atoms. The molecule has 1 unspecified atom stereocenters. The van der Waals surface area contributed by atoms with Crippen LogP contribution in [0.5, 0.6) is 11.5 Å². The first kappa shape index (κ1) is 12.9. The van der Waals surface area contributed by atoms with Gasteiger partial charge in [0, 0.05) is 30.3 Å². The van der Waals surface area contributed by atoms with E-state index in [0.717, 1.165) is 5.56 Å². The lowest BCUT2D eigenvalue weighted by atomic mass is 10.0. The molecule has 1 aliphatic rings. The first-order valence-corrected chi connectivity index (χ1v) is 6.42. The number of hydrogen-bond donors (Lipinski definition) is 1. The first-order valence-electron chi connectivity index (χ1n) is 6.42. The van der Waals surface area contributed by atoms with Crippen molar-refractivity contribution < 1.29 is 13.9 Å². The molecule has 0 saturated carbocycles. The fourth-order valence-electron chi connectivity index (χ4n) is 2.44. The highest BCUT2D eigenvalue weighted by Crippen LogP contribution is 2.41. The van der Waals surface area contributed by atoms with Crippen LogP contribution in [0.3, 0.4) is 0 Å². The summed E-state index contributed by atoms with van der Waals surface area (Å²) in [6.45, 7) is 0.354. The molecule has 5 heteroatoms. The van der Waals surface area contributed by atoms with Crippen molar-refractivity contribution in [2.45, 2.75) is 12.5 Å². The van der Waals surface area contributed by atoms with Crippen molar-refractivity contribution in [1.29, 1.82) is 0 Å². The van der Waals surface area contributed by atoms with Crippen molar-refractivity contribution in [3.63, 3.8) is 0 Å². The number of ether oxygens (including phenoxy) is 2. The molecule has 1 aromatic carbocycles. The molecular formula is C15H15FN2O2. The third kappa shape index (κ3) is 2.00. The van der Waals surface area contributed by atoms with Gasteiger partial charge in [0.05, 0.1) is 7.11 Å². The highest BCUT2D eigenvalue weighted by atomic mass is 19.1. The van der Waals surface area contributed by atoms with E-state index in [-0.39, 0.29) is 11.9 Å². The Morgan fingerprint density at radius 1 is 1.45 bits per heavy atom. The Labute approximate surface area is 116 Å². The number of benzene rings is 1. The second-order valence-electron chi connectivity index (χ2n) is 4.64. The molecule has 0 amide bonds. The molecule has 1 aromatic heterocycles. The van der Waals surface area contributed by atoms with Crippen LogP contribution in [0.4, 0.5) is 4.39 Å². The van der Waals surface area contributed by atoms with Crippen LogP contribution in [0.25, 0.3) is 11.3 Å². The third-order valence-electron chi connectivity index (χ3n) is 3.43. The summed E-state index contributed by atoms with van der Waals surface area (Å²) in [6, 6.07) is 6.70. The standard InChI is InChI=1S/C15H15FN2O2/c1-19-13-3-2-6-18-14(13)10-4-5-12(16)11-7-9(8-17)20-15(10)11/h2-6,9H,7-8,17H2,1H3. The predicted octanol–water partition coefficient (Wildman–Crippen LogP) is 2.16. The minimum Gasteiger partial charge on any atom is -0.494 e. The van der Waals surface area contributed by atoms with Gasteiger partial charge in [-0.15, -0.1) is 0 Å². The van der Waals surface area contributed by atoms with Gasteiger partial charge in [-0.2, -0.15) is 0 Å². The highest BCUT2D eigenvalue weighted by Gasteiger charge is 2.29. The zero-order chi connectivity index (χ0) is 14.1. The van der Waals surface area contributed by atoms with Gasteiger partial charge in [-0.25, -0.2) is 4.39 Å². The van der Waals surface area contributed by atoms with Crippen molar-refractivity contribution in [3.05, 3.63) is 41.8 Å². The summed E-state index contributed by atoms with van der Waals surface area (Å²) in [5, 5.41) is 0. The summed E-state index contributed by atoms with van der Waals surface area (Å²) < 4.78 is 25.0. The summed E-state index contributed by atoms with van der Waals surface area (Å²) in [5.74, 6) is 0.883. The topological polar surface area (TPSA) is 57.4 Å². The van der Waals surface area contributed by atoms with Crippen LogP contribution < -0.4 is 15.2 Å². The lowest BCUT2D eigenvalue weighted by Gasteiger charge is -2.12. The Balaban J connectivity index is 2.15. The molecular weight excluding hydrogens is 259 g/mol. The summed E-state index contributed by atoms with van der Waals surface area (Å²) >= 11 is 0. The lowest BCUT2D eigenvalue weighted by molar-refractivity contribution is 0.242. The molecule has 0 fully saturated rings. The molecule has 0 aliphatic carbocycles. The second kappa shape index (κ2) is 5.09. The van der Waals surface area contributed by atoms with Gasteiger partial charge < -0.3 is 15.2 Å². The molecule has 2 heterocycles. The van der Waals surface area contributed by atoms with Crippen molar-refractivity contribution >= 4 is 0 Å². The van der Waals surface area contributed by atoms with Crippen LogP contribution in [-0.4, -0.2) is 24.7 Å². The highest BCUT2D eigenvalue weighted by molar-refractivity contribution is 5.74. The van der Waals surface area contributed by atoms with Crippen LogP contribution in [0.1, 0.15) is 5.56 Å². The van der Waals surface area contributed by atoms with Crippen molar-refractivity contribution in [3.8, 4) is 22.8 Å². The maximum atomic E-state index is 13.9. The quantitative estimate of drug-likeness (QED) is 0.931. The van der Waals surface area contributed by atoms with Crippen molar-refractivity contribution in [2.75, 3.05) is 13.7 Å². The molecule has 1 atom stereocenters. The Bertz CT molecular complexity index is 646. The maximum Gasteiger partial charge on any atom is 0.145 e. The van der Waals surface area contributed by atoms with Gasteiger partial charge in [-0.3, -0.25) is 4.98 Å². The van der Waals surface area contributed by atoms with Crippen LogP contribution in [0, 0.1) is 5.82 Å². The molecule has 0 saturated heterocycles. The largest absolute Gasteiger partial charge is 0.494 e. The normalized spacial score (nSPS) is 16.6. The predicted molar refractivity (Wildman–Crippen MR) is 73.4 cm³/mol. The molecule has 0 spiro atoms. The Kier molecular flexibility index (Phi) is 3.28. The second-order valence-corrected chi connectivity index (χ2v) is 4.64. The number of rotatable bonds is 3. The fourth-order valence-corrected chi connectivity index (χ4v) is 2.44. The number of hydrogen-bond acceptors (Lipinski definition) is 4. The van der Waals surface area contributed by atoms with Gasteiger partial charge >= 0.3 is 0 Å². The van der Waals surface area contributed by atoms with Crippen LogP contribution in [0.2, 0.25) is 0 Å². The number of nitrogens with two attached hydrogens (primary N) is 1. The minimum absolute atomic E-state index is 0.185. The van der Waals surface area contributed by atoms with Gasteiger partial charge in [-0.1, -0.05) is 0 Å². The summed E-state index contributed by atoms with van der Waals surface area (Å²) in [7, 11) is 1.58. The number of methoxy groups -OCH3 is 1. The van der Waals surface area contributed by atoms with Crippen LogP contribution >= 0.6 is 0 Å². The van der Waals surface area contributed by atoms with Gasteiger partial charge in [-0.05, 0) is 24.3 Å². The van der Waals surface area contributed by atoms with E-state index in [1.54, 1.807) is 25.4 Å². The average Bonchev–Trinajstić information content (AvgIpc) is 2.93. The Morgan fingerprint density at radius 2 is 2.30 bits per heavy atom. The third-order valence-corrected chi connectivity index (χ3v) is 3.43. The minimum atomic E-state index is -0.269. The van der Waals surface area contributed by atoms with E-state index in [9.17, 15) is 4.39 Å². The van der Waals surface area contributed by atoms with Gasteiger partial charge in [0.1, 0.15) is 29.1 Å². The number of nitrogens with zero attached hydrogens (tertiary/aromatic N) is 1. The number of pyridine rings is 1. The number of halogens is 1. The monoisotopic (exact) mass is 274 g/mol. The van der Waals surface area contributed by atoms with Crippen molar-refractivity contribution in [1.82, 2.24) is 4.98 Å². The van der Waals surface area contributed by atoms with E-state index in [4.69, 9.17) is 15.2 Å². The molecule has 0 radical (unpaired) electrons. The van der Waals surface area contributed by atoms with E-state index in [2.05, 4.69) is 4.98 Å². The summed E-state index contributed by atoms with van der Waals surface area (Å²) in [6.07, 6.45) is 1.97. The summed E-state index contributed by atoms with van der Waals surface area (Å²) in [5.41, 5.74) is 7.55. The molecule has 2 N–H and O–H groups in total. The van der Waals surface area contributed by atoms with Gasteiger partial charge in [0.2, 0.25) is 0 Å². The molecule has 104 valence electrons. The average molecular weight is 274 g/mol.